The molecular formula is C12H15BrFNO2S. The lowest BCUT2D eigenvalue weighted by Gasteiger charge is -2.13. The van der Waals surface area contributed by atoms with Gasteiger partial charge in [0.05, 0.1) is 9.37 Å². The van der Waals surface area contributed by atoms with Gasteiger partial charge >= 0.3 is 0 Å². The zero-order chi connectivity index (χ0) is 13.3. The third-order valence-corrected chi connectivity index (χ3v) is 5.38. The van der Waals surface area contributed by atoms with Crippen molar-refractivity contribution in [3.63, 3.8) is 0 Å². The Labute approximate surface area is 115 Å². The summed E-state index contributed by atoms with van der Waals surface area (Å²) in [6, 6.07) is 3.80. The Bertz CT molecular complexity index is 547. The number of nitrogens with one attached hydrogen (secondary N) is 1. The summed E-state index contributed by atoms with van der Waals surface area (Å²) in [5.41, 5.74) is 0. The monoisotopic (exact) mass is 335 g/mol. The second-order valence-electron chi connectivity index (χ2n) is 4.81. The van der Waals surface area contributed by atoms with Gasteiger partial charge in [-0.25, -0.2) is 17.5 Å². The molecule has 1 saturated carbocycles. The minimum Gasteiger partial charge on any atom is -0.208 e. The normalized spacial score (nSPS) is 24.4. The Balaban J connectivity index is 2.17. The molecule has 1 N–H and O–H groups in total. The predicted octanol–water partition coefficient (Wildman–Crippen LogP) is 3.06. The number of hydrogen-bond donors (Lipinski definition) is 1. The van der Waals surface area contributed by atoms with E-state index >= 15 is 0 Å². The van der Waals surface area contributed by atoms with Crippen LogP contribution in [0.3, 0.4) is 0 Å². The molecule has 0 radical (unpaired) electrons. The first-order valence-electron chi connectivity index (χ1n) is 5.86. The van der Waals surface area contributed by atoms with Gasteiger partial charge < -0.3 is 0 Å². The van der Waals surface area contributed by atoms with Crippen molar-refractivity contribution in [2.75, 3.05) is 0 Å². The fourth-order valence-corrected chi connectivity index (χ4v) is 3.79. The highest BCUT2D eigenvalue weighted by atomic mass is 79.9. The average Bonchev–Trinajstić information content (AvgIpc) is 2.67. The minimum atomic E-state index is -3.62. The van der Waals surface area contributed by atoms with E-state index in [0.717, 1.165) is 25.3 Å². The van der Waals surface area contributed by atoms with E-state index in [0.29, 0.717) is 5.92 Å². The second-order valence-corrected chi connectivity index (χ2v) is 7.38. The zero-order valence-electron chi connectivity index (χ0n) is 9.99. The van der Waals surface area contributed by atoms with Crippen molar-refractivity contribution in [2.45, 2.75) is 37.1 Å². The third kappa shape index (κ3) is 3.10. The highest BCUT2D eigenvalue weighted by molar-refractivity contribution is 9.10. The van der Waals surface area contributed by atoms with Crippen LogP contribution in [0.1, 0.15) is 26.2 Å². The van der Waals surface area contributed by atoms with Gasteiger partial charge in [0.15, 0.2) is 0 Å². The fourth-order valence-electron chi connectivity index (χ4n) is 2.25. The Morgan fingerprint density at radius 3 is 2.67 bits per heavy atom. The average molecular weight is 336 g/mol. The molecule has 2 atom stereocenters. The molecule has 18 heavy (non-hydrogen) atoms. The Morgan fingerprint density at radius 1 is 1.39 bits per heavy atom. The Kier molecular flexibility index (Phi) is 4.08. The van der Waals surface area contributed by atoms with Crippen molar-refractivity contribution < 1.29 is 12.8 Å². The number of sulfonamides is 1. The topological polar surface area (TPSA) is 46.2 Å². The minimum absolute atomic E-state index is 0.0252. The highest BCUT2D eigenvalue weighted by Gasteiger charge is 2.26. The quantitative estimate of drug-likeness (QED) is 0.922. The molecule has 0 heterocycles. The van der Waals surface area contributed by atoms with Crippen molar-refractivity contribution in [1.82, 2.24) is 4.72 Å². The molecule has 2 unspecified atom stereocenters. The molecule has 0 spiro atoms. The van der Waals surface area contributed by atoms with E-state index in [2.05, 4.69) is 27.6 Å². The maximum atomic E-state index is 13.3. The molecule has 2 rings (SSSR count). The standard InChI is InChI=1S/C12H15BrFNO2S/c1-8-2-3-9(6-8)15-18(16,17)10-4-5-11(13)12(14)7-10/h4-5,7-9,15H,2-3,6H2,1H3. The summed E-state index contributed by atoms with van der Waals surface area (Å²) >= 11 is 3.00. The van der Waals surface area contributed by atoms with Gasteiger partial charge in [0.25, 0.3) is 0 Å². The van der Waals surface area contributed by atoms with Crippen LogP contribution in [0.25, 0.3) is 0 Å². The van der Waals surface area contributed by atoms with Crippen LogP contribution in [0.4, 0.5) is 4.39 Å². The smallest absolute Gasteiger partial charge is 0.208 e. The van der Waals surface area contributed by atoms with E-state index in [1.807, 2.05) is 0 Å². The van der Waals surface area contributed by atoms with Gasteiger partial charge in [-0.3, -0.25) is 0 Å². The van der Waals surface area contributed by atoms with Crippen molar-refractivity contribution in [1.29, 1.82) is 0 Å². The predicted molar refractivity (Wildman–Crippen MR) is 71.2 cm³/mol. The van der Waals surface area contributed by atoms with Gasteiger partial charge in [-0.1, -0.05) is 6.92 Å². The van der Waals surface area contributed by atoms with Crippen molar-refractivity contribution in [3.05, 3.63) is 28.5 Å². The molecule has 0 saturated heterocycles. The van der Waals surface area contributed by atoms with Crippen molar-refractivity contribution >= 4 is 26.0 Å². The lowest BCUT2D eigenvalue weighted by atomic mass is 10.1. The number of benzene rings is 1. The van der Waals surface area contributed by atoms with Crippen LogP contribution in [0.15, 0.2) is 27.6 Å². The zero-order valence-corrected chi connectivity index (χ0v) is 12.4. The van der Waals surface area contributed by atoms with Crippen LogP contribution in [0, 0.1) is 11.7 Å². The SMILES string of the molecule is CC1CCC(NS(=O)(=O)c2ccc(Br)c(F)c2)C1. The van der Waals surface area contributed by atoms with Gasteiger partial charge in [0.1, 0.15) is 5.82 Å². The molecular weight excluding hydrogens is 321 g/mol. The van der Waals surface area contributed by atoms with Gasteiger partial charge in [0.2, 0.25) is 10.0 Å². The first-order valence-corrected chi connectivity index (χ1v) is 8.13. The molecule has 0 amide bonds. The summed E-state index contributed by atoms with van der Waals surface area (Å²) in [6.07, 6.45) is 2.72. The van der Waals surface area contributed by atoms with E-state index in [-0.39, 0.29) is 15.4 Å². The molecule has 1 fully saturated rings. The highest BCUT2D eigenvalue weighted by Crippen LogP contribution is 2.26. The van der Waals surface area contributed by atoms with Crippen LogP contribution in [-0.4, -0.2) is 14.5 Å². The van der Waals surface area contributed by atoms with E-state index in [1.54, 1.807) is 0 Å². The van der Waals surface area contributed by atoms with Crippen LogP contribution in [-0.2, 0) is 10.0 Å². The van der Waals surface area contributed by atoms with Crippen LogP contribution >= 0.6 is 15.9 Å². The maximum Gasteiger partial charge on any atom is 0.240 e. The molecule has 6 heteroatoms. The molecule has 1 aliphatic carbocycles. The summed E-state index contributed by atoms with van der Waals surface area (Å²) in [7, 11) is -3.62. The first kappa shape index (κ1) is 14.0. The van der Waals surface area contributed by atoms with E-state index < -0.39 is 15.8 Å². The third-order valence-electron chi connectivity index (χ3n) is 3.22. The largest absolute Gasteiger partial charge is 0.240 e. The lowest BCUT2D eigenvalue weighted by molar-refractivity contribution is 0.537. The summed E-state index contributed by atoms with van der Waals surface area (Å²) in [5, 5.41) is 0. The van der Waals surface area contributed by atoms with E-state index in [4.69, 9.17) is 0 Å². The maximum absolute atomic E-state index is 13.3. The number of rotatable bonds is 3. The number of hydrogen-bond acceptors (Lipinski definition) is 2. The summed E-state index contributed by atoms with van der Waals surface area (Å²) < 4.78 is 40.4. The lowest BCUT2D eigenvalue weighted by Crippen LogP contribution is -2.33. The molecule has 1 aromatic carbocycles. The van der Waals surface area contributed by atoms with Gasteiger partial charge in [-0.05, 0) is 59.3 Å². The molecule has 1 aromatic rings. The molecule has 0 aliphatic heterocycles. The molecule has 3 nitrogen and oxygen atoms in total. The van der Waals surface area contributed by atoms with Crippen molar-refractivity contribution in [3.8, 4) is 0 Å². The fraction of sp³-hybridized carbons (Fsp3) is 0.500. The summed E-state index contributed by atoms with van der Waals surface area (Å²) in [5.74, 6) is -0.0305. The molecule has 100 valence electrons. The van der Waals surface area contributed by atoms with Crippen molar-refractivity contribution in [2.24, 2.45) is 5.92 Å². The Morgan fingerprint density at radius 2 is 2.11 bits per heavy atom. The van der Waals surface area contributed by atoms with Crippen LogP contribution in [0.5, 0.6) is 0 Å². The summed E-state index contributed by atoms with van der Waals surface area (Å²) in [6.45, 7) is 2.10. The number of halogens is 2. The Hall–Kier alpha value is -0.460. The van der Waals surface area contributed by atoms with Crippen LogP contribution in [0.2, 0.25) is 0 Å². The van der Waals surface area contributed by atoms with Crippen LogP contribution < -0.4 is 4.72 Å². The van der Waals surface area contributed by atoms with Gasteiger partial charge in [-0.2, -0.15) is 0 Å². The first-order chi connectivity index (χ1) is 8.38. The van der Waals surface area contributed by atoms with E-state index in [1.165, 1.54) is 12.1 Å². The van der Waals surface area contributed by atoms with Gasteiger partial charge in [0, 0.05) is 6.04 Å². The molecule has 1 aliphatic rings. The summed E-state index contributed by atoms with van der Waals surface area (Å²) in [4.78, 5) is -0.0252. The second kappa shape index (κ2) is 5.27. The van der Waals surface area contributed by atoms with Gasteiger partial charge in [-0.15, -0.1) is 0 Å². The van der Waals surface area contributed by atoms with E-state index in [9.17, 15) is 12.8 Å². The molecule has 0 aromatic heterocycles. The molecule has 0 bridgehead atoms.